The quantitative estimate of drug-likeness (QED) is 0.249. The highest BCUT2D eigenvalue weighted by atomic mass is 127. The first kappa shape index (κ1) is 25.7. The first-order valence-corrected chi connectivity index (χ1v) is 10.3. The molecule has 3 aromatic rings. The van der Waals surface area contributed by atoms with Gasteiger partial charge in [0.15, 0.2) is 5.96 Å². The molecule has 0 bridgehead atoms. The van der Waals surface area contributed by atoms with E-state index in [4.69, 9.17) is 9.15 Å². The van der Waals surface area contributed by atoms with Gasteiger partial charge in [-0.05, 0) is 50.8 Å². The Kier molecular flexibility index (Phi) is 9.98. The summed E-state index contributed by atoms with van der Waals surface area (Å²) < 4.78 is 11.0. The minimum atomic E-state index is 0. The number of oxazole rings is 1. The smallest absolute Gasteiger partial charge is 0.226 e. The van der Waals surface area contributed by atoms with Crippen molar-refractivity contribution in [1.82, 2.24) is 20.5 Å². The summed E-state index contributed by atoms with van der Waals surface area (Å²) >= 11 is 0. The van der Waals surface area contributed by atoms with Gasteiger partial charge in [0.25, 0.3) is 0 Å². The largest absolute Gasteiger partial charge is 0.497 e. The van der Waals surface area contributed by atoms with Crippen LogP contribution in [0.5, 0.6) is 5.75 Å². The van der Waals surface area contributed by atoms with Crippen molar-refractivity contribution in [3.05, 3.63) is 71.6 Å². The summed E-state index contributed by atoms with van der Waals surface area (Å²) in [4.78, 5) is 11.1. The van der Waals surface area contributed by atoms with Gasteiger partial charge < -0.3 is 24.7 Å². The molecule has 1 atom stereocenters. The normalized spacial score (nSPS) is 12.2. The Hall–Kier alpha value is -2.59. The highest BCUT2D eigenvalue weighted by Crippen LogP contribution is 2.22. The average molecular weight is 549 g/mol. The lowest BCUT2D eigenvalue weighted by molar-refractivity contribution is 0.297. The molecule has 1 heterocycles. The van der Waals surface area contributed by atoms with E-state index >= 15 is 0 Å². The number of hydrogen-bond donors (Lipinski definition) is 2. The molecule has 0 saturated heterocycles. The van der Waals surface area contributed by atoms with Gasteiger partial charge in [-0.15, -0.1) is 24.0 Å². The van der Waals surface area contributed by atoms with Gasteiger partial charge in [0.2, 0.25) is 5.89 Å². The highest BCUT2D eigenvalue weighted by molar-refractivity contribution is 14.0. The van der Waals surface area contributed by atoms with Gasteiger partial charge in [-0.3, -0.25) is 4.99 Å². The molecule has 0 radical (unpaired) electrons. The van der Waals surface area contributed by atoms with E-state index in [1.54, 1.807) is 20.4 Å². The number of ether oxygens (including phenoxy) is 1. The molecule has 0 amide bonds. The number of methoxy groups -OCH3 is 1. The number of likely N-dealkylation sites (N-methyl/N-ethyl adjacent to an activating group) is 1. The zero-order valence-electron chi connectivity index (χ0n) is 19.3. The number of halogens is 1. The van der Waals surface area contributed by atoms with Crippen LogP contribution in [0.1, 0.15) is 22.9 Å². The summed E-state index contributed by atoms with van der Waals surface area (Å²) in [5.74, 6) is 2.17. The Morgan fingerprint density at radius 3 is 2.56 bits per heavy atom. The van der Waals surface area contributed by atoms with Crippen LogP contribution >= 0.6 is 24.0 Å². The Bertz CT molecular complexity index is 1000. The second kappa shape index (κ2) is 12.4. The summed E-state index contributed by atoms with van der Waals surface area (Å²) in [6, 6.07) is 16.4. The highest BCUT2D eigenvalue weighted by Gasteiger charge is 2.15. The third kappa shape index (κ3) is 6.96. The van der Waals surface area contributed by atoms with Crippen LogP contribution < -0.4 is 15.4 Å². The Labute approximate surface area is 207 Å². The molecule has 1 aromatic heterocycles. The number of aliphatic imine (C=N–C) groups is 1. The van der Waals surface area contributed by atoms with Crippen molar-refractivity contribution >= 4 is 29.9 Å². The lowest BCUT2D eigenvalue weighted by Gasteiger charge is -2.26. The third-order valence-corrected chi connectivity index (χ3v) is 5.08. The second-order valence-electron chi connectivity index (χ2n) is 7.57. The van der Waals surface area contributed by atoms with Crippen LogP contribution in [0.4, 0.5) is 0 Å². The fraction of sp³-hybridized carbons (Fsp3) is 0.333. The van der Waals surface area contributed by atoms with Crippen molar-refractivity contribution in [1.29, 1.82) is 0 Å². The molecule has 0 aliphatic heterocycles. The molecule has 7 nitrogen and oxygen atoms in total. The SMILES string of the molecule is CN=C(NCc1coc(-c2ccc(C)cc2)n1)NCC(c1cccc(OC)c1)N(C)C.I. The summed E-state index contributed by atoms with van der Waals surface area (Å²) in [6.07, 6.45) is 1.67. The van der Waals surface area contributed by atoms with E-state index in [0.29, 0.717) is 24.9 Å². The first-order valence-electron chi connectivity index (χ1n) is 10.3. The van der Waals surface area contributed by atoms with E-state index in [1.807, 2.05) is 36.4 Å². The van der Waals surface area contributed by atoms with E-state index < -0.39 is 0 Å². The third-order valence-electron chi connectivity index (χ3n) is 5.08. The van der Waals surface area contributed by atoms with Crippen LogP contribution in [-0.4, -0.2) is 50.6 Å². The number of hydrogen-bond acceptors (Lipinski definition) is 5. The summed E-state index contributed by atoms with van der Waals surface area (Å²) in [5, 5.41) is 6.70. The molecule has 0 aliphatic carbocycles. The number of guanidine groups is 1. The molecule has 32 heavy (non-hydrogen) atoms. The summed E-state index contributed by atoms with van der Waals surface area (Å²) in [7, 11) is 7.56. The monoisotopic (exact) mass is 549 g/mol. The van der Waals surface area contributed by atoms with E-state index in [1.165, 1.54) is 11.1 Å². The van der Waals surface area contributed by atoms with Gasteiger partial charge in [-0.1, -0.05) is 29.8 Å². The number of nitrogens with zero attached hydrogens (tertiary/aromatic N) is 3. The van der Waals surface area contributed by atoms with Crippen molar-refractivity contribution in [2.45, 2.75) is 19.5 Å². The number of aryl methyl sites for hydroxylation is 1. The van der Waals surface area contributed by atoms with E-state index in [-0.39, 0.29) is 30.0 Å². The molecule has 0 aliphatic rings. The topological polar surface area (TPSA) is 74.9 Å². The Morgan fingerprint density at radius 1 is 1.16 bits per heavy atom. The lowest BCUT2D eigenvalue weighted by atomic mass is 10.1. The molecule has 2 N–H and O–H groups in total. The zero-order chi connectivity index (χ0) is 22.2. The minimum absolute atomic E-state index is 0. The molecule has 8 heteroatoms. The van der Waals surface area contributed by atoms with Gasteiger partial charge >= 0.3 is 0 Å². The van der Waals surface area contributed by atoms with Crippen molar-refractivity contribution in [2.24, 2.45) is 4.99 Å². The van der Waals surface area contributed by atoms with Crippen molar-refractivity contribution < 1.29 is 9.15 Å². The predicted octanol–water partition coefficient (Wildman–Crippen LogP) is 4.24. The van der Waals surface area contributed by atoms with Crippen molar-refractivity contribution in [3.8, 4) is 17.2 Å². The Morgan fingerprint density at radius 2 is 1.91 bits per heavy atom. The Balaban J connectivity index is 0.00000363. The number of nitrogens with one attached hydrogen (secondary N) is 2. The van der Waals surface area contributed by atoms with Crippen molar-refractivity contribution in [2.75, 3.05) is 34.8 Å². The van der Waals surface area contributed by atoms with Crippen LogP contribution in [-0.2, 0) is 6.54 Å². The van der Waals surface area contributed by atoms with Gasteiger partial charge in [0.05, 0.1) is 25.4 Å². The molecule has 0 spiro atoms. The summed E-state index contributed by atoms with van der Waals surface area (Å²) in [6.45, 7) is 3.26. The molecule has 3 rings (SSSR count). The fourth-order valence-corrected chi connectivity index (χ4v) is 3.25. The maximum Gasteiger partial charge on any atom is 0.226 e. The van der Waals surface area contributed by atoms with Gasteiger partial charge in [-0.25, -0.2) is 4.98 Å². The molecule has 2 aromatic carbocycles. The second-order valence-corrected chi connectivity index (χ2v) is 7.57. The molecular weight excluding hydrogens is 517 g/mol. The van der Waals surface area contributed by atoms with Gasteiger partial charge in [-0.2, -0.15) is 0 Å². The molecule has 1 unspecified atom stereocenters. The first-order chi connectivity index (χ1) is 15.0. The van der Waals surface area contributed by atoms with Crippen LogP contribution in [0.15, 0.2) is 64.2 Å². The maximum absolute atomic E-state index is 5.64. The number of aromatic nitrogens is 1. The van der Waals surface area contributed by atoms with Crippen LogP contribution in [0, 0.1) is 6.92 Å². The van der Waals surface area contributed by atoms with E-state index in [0.717, 1.165) is 17.0 Å². The standard InChI is InChI=1S/C24H31N5O2.HI/c1-17-9-11-18(12-10-17)23-28-20(16-31-23)14-26-24(25-2)27-15-22(29(3)4)19-7-6-8-21(13-19)30-5;/h6-13,16,22H,14-15H2,1-5H3,(H2,25,26,27);1H. The summed E-state index contributed by atoms with van der Waals surface area (Å²) in [5.41, 5.74) is 4.16. The zero-order valence-corrected chi connectivity index (χ0v) is 21.6. The van der Waals surface area contributed by atoms with E-state index in [2.05, 4.69) is 58.7 Å². The fourth-order valence-electron chi connectivity index (χ4n) is 3.25. The van der Waals surface area contributed by atoms with Gasteiger partial charge in [0.1, 0.15) is 12.0 Å². The lowest BCUT2D eigenvalue weighted by Crippen LogP contribution is -2.41. The maximum atomic E-state index is 5.64. The predicted molar refractivity (Wildman–Crippen MR) is 140 cm³/mol. The van der Waals surface area contributed by atoms with Crippen LogP contribution in [0.2, 0.25) is 0 Å². The van der Waals surface area contributed by atoms with Crippen LogP contribution in [0.25, 0.3) is 11.5 Å². The minimum Gasteiger partial charge on any atom is -0.497 e. The molecule has 0 saturated carbocycles. The van der Waals surface area contributed by atoms with Gasteiger partial charge in [0, 0.05) is 19.2 Å². The van der Waals surface area contributed by atoms with Crippen LogP contribution in [0.3, 0.4) is 0 Å². The van der Waals surface area contributed by atoms with E-state index in [9.17, 15) is 0 Å². The average Bonchev–Trinajstić information content (AvgIpc) is 3.25. The molecule has 0 fully saturated rings. The molecular formula is C24H32IN5O2. The van der Waals surface area contributed by atoms with Crippen molar-refractivity contribution in [3.63, 3.8) is 0 Å². The number of benzene rings is 2. The number of rotatable bonds is 8. The molecule has 172 valence electrons.